The molecular formula is C25H19ClINO3S2. The highest BCUT2D eigenvalue weighted by Crippen LogP contribution is 2.38. The predicted octanol–water partition coefficient (Wildman–Crippen LogP) is 6.93. The highest BCUT2D eigenvalue weighted by Gasteiger charge is 2.32. The second-order valence-electron chi connectivity index (χ2n) is 7.20. The van der Waals surface area contributed by atoms with Crippen LogP contribution in [0.1, 0.15) is 16.7 Å². The molecule has 33 heavy (non-hydrogen) atoms. The Balaban J connectivity index is 1.53. The molecule has 1 heterocycles. The topological polar surface area (TPSA) is 38.8 Å². The van der Waals surface area contributed by atoms with Crippen molar-refractivity contribution in [2.45, 2.75) is 13.2 Å². The Morgan fingerprint density at radius 1 is 1.09 bits per heavy atom. The third-order valence-electron chi connectivity index (χ3n) is 4.90. The first-order valence-corrected chi connectivity index (χ1v) is 12.7. The predicted molar refractivity (Wildman–Crippen MR) is 147 cm³/mol. The van der Waals surface area contributed by atoms with Gasteiger partial charge in [0.15, 0.2) is 11.5 Å². The molecule has 1 saturated heterocycles. The number of rotatable bonds is 7. The van der Waals surface area contributed by atoms with Gasteiger partial charge in [-0.15, -0.1) is 0 Å². The summed E-state index contributed by atoms with van der Waals surface area (Å²) in [4.78, 5) is 15.2. The van der Waals surface area contributed by atoms with E-state index in [0.717, 1.165) is 20.3 Å². The number of hydrogen-bond donors (Lipinski definition) is 0. The van der Waals surface area contributed by atoms with E-state index in [4.69, 9.17) is 33.3 Å². The Kier molecular flexibility index (Phi) is 7.95. The van der Waals surface area contributed by atoms with Crippen molar-refractivity contribution in [3.05, 3.63) is 96.9 Å². The molecule has 1 aliphatic heterocycles. The summed E-state index contributed by atoms with van der Waals surface area (Å²) in [6, 6.07) is 21.2. The fraction of sp³-hybridized carbons (Fsp3) is 0.120. The minimum Gasteiger partial charge on any atom is -0.493 e. The summed E-state index contributed by atoms with van der Waals surface area (Å²) in [5, 5.41) is 0.685. The fourth-order valence-corrected chi connectivity index (χ4v) is 5.42. The van der Waals surface area contributed by atoms with Crippen molar-refractivity contribution in [3.63, 3.8) is 0 Å². The first-order valence-electron chi connectivity index (χ1n) is 9.98. The minimum atomic E-state index is -0.0918. The van der Waals surface area contributed by atoms with Gasteiger partial charge in [0.1, 0.15) is 10.9 Å². The minimum absolute atomic E-state index is 0.0918. The highest BCUT2D eigenvalue weighted by molar-refractivity contribution is 14.1. The molecule has 1 fully saturated rings. The van der Waals surface area contributed by atoms with E-state index in [1.807, 2.05) is 72.8 Å². The van der Waals surface area contributed by atoms with Gasteiger partial charge in [-0.05, 0) is 69.6 Å². The van der Waals surface area contributed by atoms with Crippen LogP contribution in [0.15, 0.2) is 71.6 Å². The molecule has 0 unspecified atom stereocenters. The number of benzene rings is 3. The number of methoxy groups -OCH3 is 1. The van der Waals surface area contributed by atoms with E-state index in [2.05, 4.69) is 22.6 Å². The van der Waals surface area contributed by atoms with Crippen LogP contribution in [0.2, 0.25) is 5.02 Å². The van der Waals surface area contributed by atoms with Crippen LogP contribution < -0.4 is 9.47 Å². The van der Waals surface area contributed by atoms with E-state index in [0.29, 0.717) is 38.9 Å². The average molecular weight is 608 g/mol. The van der Waals surface area contributed by atoms with Crippen LogP contribution in [0, 0.1) is 3.57 Å². The number of hydrogen-bond acceptors (Lipinski definition) is 5. The summed E-state index contributed by atoms with van der Waals surface area (Å²) in [6.07, 6.45) is 1.85. The molecule has 0 radical (unpaired) electrons. The molecule has 4 rings (SSSR count). The number of carbonyl (C=O) groups is 1. The molecule has 168 valence electrons. The number of ether oxygens (including phenoxy) is 2. The summed E-state index contributed by atoms with van der Waals surface area (Å²) in [6.45, 7) is 0.849. The maximum absolute atomic E-state index is 13.0. The molecule has 1 aliphatic rings. The van der Waals surface area contributed by atoms with Crippen molar-refractivity contribution in [3.8, 4) is 11.5 Å². The van der Waals surface area contributed by atoms with Crippen molar-refractivity contribution < 1.29 is 14.3 Å². The van der Waals surface area contributed by atoms with Gasteiger partial charge in [0.05, 0.1) is 22.1 Å². The van der Waals surface area contributed by atoms with Gasteiger partial charge in [-0.25, -0.2) is 0 Å². The number of amides is 1. The van der Waals surface area contributed by atoms with Gasteiger partial charge < -0.3 is 9.47 Å². The third-order valence-corrected chi connectivity index (χ3v) is 7.33. The Morgan fingerprint density at radius 2 is 1.82 bits per heavy atom. The van der Waals surface area contributed by atoms with E-state index in [9.17, 15) is 4.79 Å². The summed E-state index contributed by atoms with van der Waals surface area (Å²) in [5.74, 6) is 1.16. The van der Waals surface area contributed by atoms with E-state index in [1.54, 1.807) is 12.0 Å². The fourth-order valence-electron chi connectivity index (χ4n) is 3.25. The van der Waals surface area contributed by atoms with Crippen LogP contribution >= 0.6 is 58.2 Å². The zero-order chi connectivity index (χ0) is 23.4. The normalized spacial score (nSPS) is 14.8. The molecule has 0 N–H and O–H groups in total. The summed E-state index contributed by atoms with van der Waals surface area (Å²) in [7, 11) is 1.60. The Bertz CT molecular complexity index is 1220. The molecule has 0 spiro atoms. The van der Waals surface area contributed by atoms with E-state index in [-0.39, 0.29) is 5.91 Å². The Morgan fingerprint density at radius 3 is 2.52 bits per heavy atom. The van der Waals surface area contributed by atoms with Crippen LogP contribution in [-0.4, -0.2) is 22.2 Å². The molecule has 0 aliphatic carbocycles. The van der Waals surface area contributed by atoms with Gasteiger partial charge >= 0.3 is 0 Å². The largest absolute Gasteiger partial charge is 0.493 e. The van der Waals surface area contributed by atoms with E-state index >= 15 is 0 Å². The van der Waals surface area contributed by atoms with Crippen LogP contribution in [0.5, 0.6) is 11.5 Å². The molecule has 8 heteroatoms. The van der Waals surface area contributed by atoms with E-state index < -0.39 is 0 Å². The van der Waals surface area contributed by atoms with Crippen molar-refractivity contribution >= 4 is 74.5 Å². The first-order chi connectivity index (χ1) is 15.9. The molecule has 0 bridgehead atoms. The zero-order valence-electron chi connectivity index (χ0n) is 17.6. The molecule has 0 saturated carbocycles. The van der Waals surface area contributed by atoms with Gasteiger partial charge in [0.25, 0.3) is 5.91 Å². The van der Waals surface area contributed by atoms with Crippen LogP contribution in [0.3, 0.4) is 0 Å². The van der Waals surface area contributed by atoms with Crippen molar-refractivity contribution in [2.24, 2.45) is 0 Å². The highest BCUT2D eigenvalue weighted by atomic mass is 127. The molecule has 3 aromatic rings. The average Bonchev–Trinajstić information content (AvgIpc) is 3.07. The molecule has 0 atom stereocenters. The molecular weight excluding hydrogens is 589 g/mol. The second-order valence-corrected chi connectivity index (χ2v) is 10.5. The molecule has 0 aromatic heterocycles. The van der Waals surface area contributed by atoms with Crippen molar-refractivity contribution in [1.82, 2.24) is 4.90 Å². The molecule has 1 amide bonds. The van der Waals surface area contributed by atoms with Crippen LogP contribution in [-0.2, 0) is 17.9 Å². The zero-order valence-corrected chi connectivity index (χ0v) is 22.1. The molecule has 4 nitrogen and oxygen atoms in total. The number of nitrogens with zero attached hydrogens (tertiary/aromatic N) is 1. The smallest absolute Gasteiger partial charge is 0.266 e. The lowest BCUT2D eigenvalue weighted by atomic mass is 10.1. The van der Waals surface area contributed by atoms with Crippen LogP contribution in [0.25, 0.3) is 6.08 Å². The molecule has 3 aromatic carbocycles. The number of halogens is 2. The van der Waals surface area contributed by atoms with Crippen LogP contribution in [0.4, 0.5) is 0 Å². The lowest BCUT2D eigenvalue weighted by molar-refractivity contribution is -0.122. The lowest BCUT2D eigenvalue weighted by Gasteiger charge is -2.14. The number of thiocarbonyl (C=S) groups is 1. The number of carbonyl (C=O) groups excluding carboxylic acids is 1. The summed E-state index contributed by atoms with van der Waals surface area (Å²) >= 11 is 14.9. The summed E-state index contributed by atoms with van der Waals surface area (Å²) < 4.78 is 13.0. The van der Waals surface area contributed by atoms with E-state index in [1.165, 1.54) is 11.8 Å². The van der Waals surface area contributed by atoms with Gasteiger partial charge in [0, 0.05) is 5.02 Å². The van der Waals surface area contributed by atoms with Crippen molar-refractivity contribution in [2.75, 3.05) is 7.11 Å². The SMILES string of the molecule is COc1cc(/C=C2\SC(=S)N(Cc3ccccc3)C2=O)cc(I)c1OCc1ccc(Cl)cc1. The third kappa shape index (κ3) is 5.90. The van der Waals surface area contributed by atoms with Gasteiger partial charge in [-0.1, -0.05) is 78.0 Å². The van der Waals surface area contributed by atoms with Crippen molar-refractivity contribution in [1.29, 1.82) is 0 Å². The van der Waals surface area contributed by atoms with Gasteiger partial charge in [0.2, 0.25) is 0 Å². The quantitative estimate of drug-likeness (QED) is 0.165. The standard InChI is InChI=1S/C25H19ClINO3S2/c1-30-21-12-18(11-20(27)23(21)31-15-17-7-9-19(26)10-8-17)13-22-24(29)28(25(32)33-22)14-16-5-3-2-4-6-16/h2-13H,14-15H2,1H3/b22-13-. The maximum Gasteiger partial charge on any atom is 0.266 e. The van der Waals surface area contributed by atoms with Gasteiger partial charge in [-0.3, -0.25) is 9.69 Å². The number of thioether (sulfide) groups is 1. The van der Waals surface area contributed by atoms with Gasteiger partial charge in [-0.2, -0.15) is 0 Å². The lowest BCUT2D eigenvalue weighted by Crippen LogP contribution is -2.27. The monoisotopic (exact) mass is 607 g/mol. The Labute approximate surface area is 221 Å². The maximum atomic E-state index is 13.0. The summed E-state index contributed by atoms with van der Waals surface area (Å²) in [5.41, 5.74) is 2.88. The first kappa shape index (κ1) is 24.1. The second kappa shape index (κ2) is 10.9. The Hall–Kier alpha value is -2.07.